The highest BCUT2D eigenvalue weighted by Crippen LogP contribution is 2.58. The summed E-state index contributed by atoms with van der Waals surface area (Å²) in [4.78, 5) is 38.8. The van der Waals surface area contributed by atoms with Gasteiger partial charge in [-0.15, -0.1) is 0 Å². The number of piperidine rings is 3. The molecule has 5 N–H and O–H groups in total. The molecule has 10 rings (SSSR count). The molecular weight excluding hydrogens is 684 g/mol. The van der Waals surface area contributed by atoms with Crippen molar-refractivity contribution in [2.24, 2.45) is 23.2 Å². The molecule has 2 aromatic carbocycles. The lowest BCUT2D eigenvalue weighted by molar-refractivity contribution is -0.166. The van der Waals surface area contributed by atoms with E-state index in [0.717, 1.165) is 81.4 Å². The first-order chi connectivity index (χ1) is 26.2. The van der Waals surface area contributed by atoms with Crippen LogP contribution in [-0.4, -0.2) is 103 Å². The number of para-hydroxylation sites is 1. The van der Waals surface area contributed by atoms with Crippen LogP contribution in [-0.2, 0) is 37.3 Å². The molecule has 4 fully saturated rings. The van der Waals surface area contributed by atoms with Gasteiger partial charge in [-0.05, 0) is 81.2 Å². The highest BCUT2D eigenvalue weighted by atomic mass is 16.5. The molecule has 10 atom stereocenters. The van der Waals surface area contributed by atoms with E-state index in [1.54, 1.807) is 7.11 Å². The van der Waals surface area contributed by atoms with Gasteiger partial charge in [-0.25, -0.2) is 0 Å². The molecule has 0 radical (unpaired) electrons. The zero-order chi connectivity index (χ0) is 37.7. The number of aliphatic hydroxyl groups is 2. The Hall–Kier alpha value is -4.16. The van der Waals surface area contributed by atoms with E-state index in [2.05, 4.69) is 44.5 Å². The average molecular weight is 737 g/mol. The maximum atomic E-state index is 14.4. The molecule has 0 spiro atoms. The van der Waals surface area contributed by atoms with Gasteiger partial charge in [-0.1, -0.05) is 29.8 Å². The average Bonchev–Trinajstić information content (AvgIpc) is 3.73. The Morgan fingerprint density at radius 3 is 2.56 bits per heavy atom. The predicted octanol–water partition coefficient (Wildman–Crippen LogP) is 4.48. The summed E-state index contributed by atoms with van der Waals surface area (Å²) in [5, 5.41) is 28.3. The normalized spacial score (nSPS) is 34.1. The van der Waals surface area contributed by atoms with Crippen LogP contribution in [0.1, 0.15) is 67.1 Å². The van der Waals surface area contributed by atoms with E-state index in [1.165, 1.54) is 14.2 Å². The van der Waals surface area contributed by atoms with Crippen LogP contribution < -0.4 is 10.1 Å². The van der Waals surface area contributed by atoms with Crippen LogP contribution in [0.5, 0.6) is 5.75 Å². The minimum atomic E-state index is -1.23. The number of fused-ring (bicyclic) bond motifs is 9. The quantitative estimate of drug-likeness (QED) is 0.143. The SMILES string of the molecule is C/C=C1/CN[C@H]2Cc3c([nH]c4ccccc34)[C@@H](c3c(OC)ccc4c5c([nH]c34)[C@]3(C(=O)OC)C[C@H]4C[C@H]([C@H](C)O)[C@@H]3N(CC5)C4)C[C@@H]1[C@]2(CO)C(=O)OC. The van der Waals surface area contributed by atoms with Crippen molar-refractivity contribution in [2.45, 2.75) is 75.5 Å². The molecule has 0 amide bonds. The van der Waals surface area contributed by atoms with Crippen molar-refractivity contribution in [3.63, 3.8) is 0 Å². The van der Waals surface area contributed by atoms with E-state index in [1.807, 2.05) is 32.0 Å². The van der Waals surface area contributed by atoms with E-state index in [0.29, 0.717) is 31.6 Å². The third-order valence-electron chi connectivity index (χ3n) is 14.4. The monoisotopic (exact) mass is 736 g/mol. The first-order valence-electron chi connectivity index (χ1n) is 19.6. The number of aromatic nitrogens is 2. The second-order valence-corrected chi connectivity index (χ2v) is 16.5. The van der Waals surface area contributed by atoms with Gasteiger partial charge in [0.05, 0.1) is 39.6 Å². The van der Waals surface area contributed by atoms with Gasteiger partial charge in [0, 0.05) is 82.7 Å². The molecule has 4 aromatic rings. The molecule has 6 aliphatic rings. The molecule has 11 nitrogen and oxygen atoms in total. The van der Waals surface area contributed by atoms with Gasteiger partial charge in [-0.3, -0.25) is 14.5 Å². The number of nitrogens with zero attached hydrogens (tertiary/aromatic N) is 1. The second-order valence-electron chi connectivity index (χ2n) is 16.5. The minimum absolute atomic E-state index is 0.0699. The number of aromatic amines is 2. The molecule has 1 unspecified atom stereocenters. The molecule has 11 heteroatoms. The van der Waals surface area contributed by atoms with E-state index in [4.69, 9.17) is 14.2 Å². The van der Waals surface area contributed by atoms with Crippen molar-refractivity contribution in [3.05, 3.63) is 76.1 Å². The van der Waals surface area contributed by atoms with Gasteiger partial charge >= 0.3 is 11.9 Å². The number of H-pyrrole nitrogens is 2. The smallest absolute Gasteiger partial charge is 0.319 e. The van der Waals surface area contributed by atoms with E-state index in [-0.39, 0.29) is 48.3 Å². The molecule has 54 heavy (non-hydrogen) atoms. The van der Waals surface area contributed by atoms with Crippen LogP contribution in [0.2, 0.25) is 0 Å². The van der Waals surface area contributed by atoms with Crippen LogP contribution in [0.25, 0.3) is 21.8 Å². The van der Waals surface area contributed by atoms with E-state index >= 15 is 0 Å². The number of allylic oxidation sites excluding steroid dienone is 1. The van der Waals surface area contributed by atoms with Crippen LogP contribution >= 0.6 is 0 Å². The summed E-state index contributed by atoms with van der Waals surface area (Å²) in [7, 11) is 4.58. The fourth-order valence-corrected chi connectivity index (χ4v) is 12.2. The predicted molar refractivity (Wildman–Crippen MR) is 205 cm³/mol. The van der Waals surface area contributed by atoms with Crippen LogP contribution in [0.4, 0.5) is 0 Å². The lowest BCUT2D eigenvalue weighted by Crippen LogP contribution is -2.68. The summed E-state index contributed by atoms with van der Waals surface area (Å²) < 4.78 is 17.5. The van der Waals surface area contributed by atoms with Gasteiger partial charge in [0.1, 0.15) is 16.6 Å². The van der Waals surface area contributed by atoms with Crippen molar-refractivity contribution < 1.29 is 34.0 Å². The van der Waals surface area contributed by atoms with E-state index < -0.39 is 22.9 Å². The van der Waals surface area contributed by atoms with Crippen LogP contribution in [0.3, 0.4) is 0 Å². The molecule has 2 aromatic heterocycles. The molecule has 6 heterocycles. The number of esters is 2. The lowest BCUT2D eigenvalue weighted by atomic mass is 9.56. The largest absolute Gasteiger partial charge is 0.496 e. The number of carbonyl (C=O) groups excluding carboxylic acids is 2. The Morgan fingerprint density at radius 2 is 1.83 bits per heavy atom. The Kier molecular flexibility index (Phi) is 8.53. The van der Waals surface area contributed by atoms with Crippen molar-refractivity contribution in [1.29, 1.82) is 0 Å². The molecular formula is C43H52N4O7. The minimum Gasteiger partial charge on any atom is -0.496 e. The second kappa shape index (κ2) is 13.0. The molecule has 286 valence electrons. The Balaban J connectivity index is 1.34. The Bertz CT molecular complexity index is 2190. The summed E-state index contributed by atoms with van der Waals surface area (Å²) in [5.41, 5.74) is 5.85. The molecule has 1 saturated carbocycles. The van der Waals surface area contributed by atoms with Gasteiger partial charge in [0.15, 0.2) is 0 Å². The summed E-state index contributed by atoms with van der Waals surface area (Å²) in [6.45, 7) is 5.77. The topological polar surface area (TPSA) is 149 Å². The number of rotatable bonds is 6. The number of carbonyl (C=O) groups is 2. The molecule has 2 aliphatic carbocycles. The lowest BCUT2D eigenvalue weighted by Gasteiger charge is -2.58. The summed E-state index contributed by atoms with van der Waals surface area (Å²) in [5.74, 6) is -0.453. The Morgan fingerprint density at radius 1 is 1.04 bits per heavy atom. The number of methoxy groups -OCH3 is 3. The van der Waals surface area contributed by atoms with E-state index in [9.17, 15) is 19.8 Å². The summed E-state index contributed by atoms with van der Waals surface area (Å²) in [6, 6.07) is 11.9. The third kappa shape index (κ3) is 4.67. The number of hydrogen-bond acceptors (Lipinski definition) is 9. The van der Waals surface area contributed by atoms with Crippen molar-refractivity contribution in [1.82, 2.24) is 20.2 Å². The van der Waals surface area contributed by atoms with Crippen molar-refractivity contribution in [2.75, 3.05) is 47.6 Å². The van der Waals surface area contributed by atoms with Gasteiger partial charge in [-0.2, -0.15) is 0 Å². The summed E-state index contributed by atoms with van der Waals surface area (Å²) in [6.07, 6.45) is 4.79. The maximum absolute atomic E-state index is 14.4. The number of ether oxygens (including phenoxy) is 3. The van der Waals surface area contributed by atoms with Gasteiger partial charge in [0.2, 0.25) is 0 Å². The number of aliphatic hydroxyl groups excluding tert-OH is 2. The number of benzene rings is 2. The maximum Gasteiger partial charge on any atom is 0.319 e. The Labute approximate surface area is 315 Å². The first-order valence-corrected chi connectivity index (χ1v) is 19.6. The molecule has 6 bridgehead atoms. The molecule has 4 aliphatic heterocycles. The van der Waals surface area contributed by atoms with Gasteiger partial charge in [0.25, 0.3) is 0 Å². The zero-order valence-corrected chi connectivity index (χ0v) is 31.8. The summed E-state index contributed by atoms with van der Waals surface area (Å²) >= 11 is 0. The fourth-order valence-electron chi connectivity index (χ4n) is 12.2. The van der Waals surface area contributed by atoms with Crippen molar-refractivity contribution in [3.8, 4) is 5.75 Å². The number of hydrogen-bond donors (Lipinski definition) is 5. The fraction of sp³-hybridized carbons (Fsp3) is 0.535. The third-order valence-corrected chi connectivity index (χ3v) is 14.4. The highest BCUT2D eigenvalue weighted by Gasteiger charge is 2.64. The van der Waals surface area contributed by atoms with Crippen molar-refractivity contribution >= 4 is 33.7 Å². The zero-order valence-electron chi connectivity index (χ0n) is 31.8. The standard InChI is InChI=1S/C43H52N4O7/c1-6-24-19-44-34-17-29-25-9-7-8-10-32(25)45-36(29)30(16-31(24)43(34,21-48)41(51)54-5)35-33(52-3)12-11-26-27-13-14-47-20-23-15-28(22(2)49)39(47)42(18-23,40(50)53-4)38(27)46-37(26)35/h6-12,22-23,28,30-31,34,39,44-46,48-49H,13-21H2,1-5H3/b24-6-/t22-,23+,28+,30+,31-,34-,39-,42+,43-/m0/s1. The van der Waals surface area contributed by atoms with Gasteiger partial charge < -0.3 is 39.7 Å². The van der Waals surface area contributed by atoms with Crippen LogP contribution in [0, 0.1) is 23.2 Å². The van der Waals surface area contributed by atoms with Crippen LogP contribution in [0.15, 0.2) is 48.0 Å². The number of nitrogens with one attached hydrogen (secondary N) is 3. The molecule has 3 saturated heterocycles. The first kappa shape index (κ1) is 35.5. The highest BCUT2D eigenvalue weighted by molar-refractivity contribution is 5.95.